The molecule has 0 fully saturated rings. The minimum absolute atomic E-state index is 0.201. The van der Waals surface area contributed by atoms with E-state index in [1.165, 1.54) is 0 Å². The van der Waals surface area contributed by atoms with E-state index in [4.69, 9.17) is 0 Å². The number of hydrogen-bond donors (Lipinski definition) is 0. The van der Waals surface area contributed by atoms with Crippen molar-refractivity contribution >= 4 is 5.82 Å². The number of halogens is 3. The van der Waals surface area contributed by atoms with Gasteiger partial charge < -0.3 is 9.47 Å². The van der Waals surface area contributed by atoms with E-state index in [0.717, 1.165) is 16.1 Å². The summed E-state index contributed by atoms with van der Waals surface area (Å²) in [6.45, 7) is 2.80. The monoisotopic (exact) mass is 283 g/mol. The number of aryl methyl sites for hydroxylation is 1. The zero-order valence-electron chi connectivity index (χ0n) is 10.7. The molecule has 0 aromatic carbocycles. The van der Waals surface area contributed by atoms with Gasteiger partial charge in [-0.15, -0.1) is 10.2 Å². The molecule has 3 rings (SSSR count). The topological polar surface area (TPSA) is 46.8 Å². The second kappa shape index (κ2) is 4.46. The van der Waals surface area contributed by atoms with E-state index in [0.29, 0.717) is 12.4 Å². The Morgan fingerprint density at radius 3 is 2.65 bits per heavy atom. The summed E-state index contributed by atoms with van der Waals surface area (Å²) in [4.78, 5) is 6.27. The summed E-state index contributed by atoms with van der Waals surface area (Å²) in [6.07, 6.45) is -4.46. The lowest BCUT2D eigenvalue weighted by Gasteiger charge is -2.29. The van der Waals surface area contributed by atoms with Gasteiger partial charge in [-0.1, -0.05) is 6.07 Å². The molecule has 2 aromatic rings. The lowest BCUT2D eigenvalue weighted by molar-refractivity contribution is -0.147. The fourth-order valence-electron chi connectivity index (χ4n) is 2.27. The van der Waals surface area contributed by atoms with E-state index in [1.54, 1.807) is 0 Å². The Morgan fingerprint density at radius 1 is 1.15 bits per heavy atom. The molecule has 0 aliphatic carbocycles. The Morgan fingerprint density at radius 2 is 1.95 bits per heavy atom. The summed E-state index contributed by atoms with van der Waals surface area (Å²) < 4.78 is 39.3. The Bertz CT molecular complexity index is 634. The predicted molar refractivity (Wildman–Crippen MR) is 65.0 cm³/mol. The van der Waals surface area contributed by atoms with Crippen LogP contribution in [0.15, 0.2) is 18.2 Å². The van der Waals surface area contributed by atoms with Gasteiger partial charge in [0.05, 0.1) is 6.54 Å². The SMILES string of the molecule is Cc1cccc(N2CCn3c(nnc3C(F)(F)F)C2)n1. The van der Waals surface area contributed by atoms with E-state index in [1.807, 2.05) is 30.0 Å². The quantitative estimate of drug-likeness (QED) is 0.803. The van der Waals surface area contributed by atoms with Crippen LogP contribution in [0.25, 0.3) is 0 Å². The van der Waals surface area contributed by atoms with E-state index in [2.05, 4.69) is 15.2 Å². The fraction of sp³-hybridized carbons (Fsp3) is 0.417. The van der Waals surface area contributed by atoms with Gasteiger partial charge in [-0.05, 0) is 19.1 Å². The molecule has 0 saturated heterocycles. The van der Waals surface area contributed by atoms with Crippen molar-refractivity contribution in [1.29, 1.82) is 0 Å². The van der Waals surface area contributed by atoms with Gasteiger partial charge in [-0.25, -0.2) is 4.98 Å². The van der Waals surface area contributed by atoms with Gasteiger partial charge in [0.25, 0.3) is 0 Å². The van der Waals surface area contributed by atoms with Gasteiger partial charge >= 0.3 is 6.18 Å². The van der Waals surface area contributed by atoms with Crippen LogP contribution < -0.4 is 4.90 Å². The van der Waals surface area contributed by atoms with E-state index in [-0.39, 0.29) is 13.1 Å². The summed E-state index contributed by atoms with van der Waals surface area (Å²) in [6, 6.07) is 5.58. The Kier molecular flexibility index (Phi) is 2.88. The van der Waals surface area contributed by atoms with Crippen molar-refractivity contribution in [2.24, 2.45) is 0 Å². The van der Waals surface area contributed by atoms with Crippen molar-refractivity contribution in [1.82, 2.24) is 19.7 Å². The van der Waals surface area contributed by atoms with Crippen molar-refractivity contribution in [2.45, 2.75) is 26.2 Å². The summed E-state index contributed by atoms with van der Waals surface area (Å²) in [7, 11) is 0. The van der Waals surface area contributed by atoms with E-state index < -0.39 is 12.0 Å². The smallest absolute Gasteiger partial charge is 0.347 e. The molecule has 0 saturated carbocycles. The highest BCUT2D eigenvalue weighted by Crippen LogP contribution is 2.30. The van der Waals surface area contributed by atoms with Crippen LogP contribution in [0.4, 0.5) is 19.0 Å². The zero-order chi connectivity index (χ0) is 14.3. The maximum atomic E-state index is 12.7. The van der Waals surface area contributed by atoms with Gasteiger partial charge in [0.15, 0.2) is 5.82 Å². The van der Waals surface area contributed by atoms with Crippen molar-refractivity contribution in [3.8, 4) is 0 Å². The highest BCUT2D eigenvalue weighted by Gasteiger charge is 2.39. The van der Waals surface area contributed by atoms with Gasteiger partial charge in [0.2, 0.25) is 5.82 Å². The lowest BCUT2D eigenvalue weighted by Crippen LogP contribution is -2.35. The van der Waals surface area contributed by atoms with Gasteiger partial charge in [-0.2, -0.15) is 13.2 Å². The summed E-state index contributed by atoms with van der Waals surface area (Å²) >= 11 is 0. The van der Waals surface area contributed by atoms with E-state index >= 15 is 0 Å². The molecular weight excluding hydrogens is 271 g/mol. The maximum absolute atomic E-state index is 12.7. The number of fused-ring (bicyclic) bond motifs is 1. The normalized spacial score (nSPS) is 15.3. The number of alkyl halides is 3. The number of pyridine rings is 1. The molecule has 0 amide bonds. The lowest BCUT2D eigenvalue weighted by atomic mass is 10.3. The van der Waals surface area contributed by atoms with Crippen LogP contribution in [0.5, 0.6) is 0 Å². The fourth-order valence-corrected chi connectivity index (χ4v) is 2.27. The molecule has 3 heterocycles. The molecule has 0 unspecified atom stereocenters. The summed E-state index contributed by atoms with van der Waals surface area (Å²) in [5.74, 6) is 0.129. The average Bonchev–Trinajstić information content (AvgIpc) is 2.81. The molecular formula is C12H12F3N5. The molecule has 20 heavy (non-hydrogen) atoms. The van der Waals surface area contributed by atoms with Crippen LogP contribution in [0, 0.1) is 6.92 Å². The molecule has 1 aliphatic heterocycles. The molecule has 0 atom stereocenters. The van der Waals surface area contributed by atoms with Gasteiger partial charge in [0, 0.05) is 18.8 Å². The molecule has 106 valence electrons. The van der Waals surface area contributed by atoms with Gasteiger partial charge in [-0.3, -0.25) is 0 Å². The number of hydrogen-bond acceptors (Lipinski definition) is 4. The van der Waals surface area contributed by atoms with E-state index in [9.17, 15) is 13.2 Å². The molecule has 0 spiro atoms. The molecule has 5 nitrogen and oxygen atoms in total. The largest absolute Gasteiger partial charge is 0.451 e. The third-order valence-electron chi connectivity index (χ3n) is 3.20. The van der Waals surface area contributed by atoms with Crippen LogP contribution in [0.2, 0.25) is 0 Å². The van der Waals surface area contributed by atoms with Crippen LogP contribution in [-0.4, -0.2) is 26.3 Å². The van der Waals surface area contributed by atoms with Crippen LogP contribution in [-0.2, 0) is 19.3 Å². The Hall–Kier alpha value is -2.12. The van der Waals surface area contributed by atoms with Crippen molar-refractivity contribution in [2.75, 3.05) is 11.4 Å². The van der Waals surface area contributed by atoms with Crippen LogP contribution in [0.1, 0.15) is 17.3 Å². The van der Waals surface area contributed by atoms with Crippen LogP contribution in [0.3, 0.4) is 0 Å². The van der Waals surface area contributed by atoms with Crippen molar-refractivity contribution in [3.63, 3.8) is 0 Å². The minimum Gasteiger partial charge on any atom is -0.347 e. The number of nitrogens with zero attached hydrogens (tertiary/aromatic N) is 5. The first-order chi connectivity index (χ1) is 9.45. The maximum Gasteiger partial charge on any atom is 0.451 e. The number of anilines is 1. The molecule has 2 aromatic heterocycles. The summed E-state index contributed by atoms with van der Waals surface area (Å²) in [5, 5.41) is 6.90. The number of rotatable bonds is 1. The Balaban J connectivity index is 1.88. The predicted octanol–water partition coefficient (Wildman–Crippen LogP) is 2.02. The van der Waals surface area contributed by atoms with Gasteiger partial charge in [0.1, 0.15) is 5.82 Å². The third kappa shape index (κ3) is 2.21. The first-order valence-electron chi connectivity index (χ1n) is 6.13. The molecule has 8 heteroatoms. The second-order valence-corrected chi connectivity index (χ2v) is 4.65. The Labute approximate surface area is 113 Å². The first-order valence-corrected chi connectivity index (χ1v) is 6.13. The van der Waals surface area contributed by atoms with Crippen LogP contribution >= 0.6 is 0 Å². The molecule has 0 bridgehead atoms. The highest BCUT2D eigenvalue weighted by atomic mass is 19.4. The second-order valence-electron chi connectivity index (χ2n) is 4.65. The molecule has 0 N–H and O–H groups in total. The zero-order valence-corrected chi connectivity index (χ0v) is 10.7. The molecule has 1 aliphatic rings. The van der Waals surface area contributed by atoms with Crippen molar-refractivity contribution in [3.05, 3.63) is 35.5 Å². The summed E-state index contributed by atoms with van der Waals surface area (Å²) in [5.41, 5.74) is 0.866. The molecule has 0 radical (unpaired) electrons. The van der Waals surface area contributed by atoms with Crippen molar-refractivity contribution < 1.29 is 13.2 Å². The standard InChI is InChI=1S/C12H12F3N5/c1-8-3-2-4-9(16-8)19-5-6-20-10(7-19)17-18-11(20)12(13,14)15/h2-4H,5-7H2,1H3. The minimum atomic E-state index is -4.46. The number of aromatic nitrogens is 4. The highest BCUT2D eigenvalue weighted by molar-refractivity contribution is 5.40. The average molecular weight is 283 g/mol. The first kappa shape index (κ1) is 12.9. The third-order valence-corrected chi connectivity index (χ3v) is 3.20.